The molecule has 0 unspecified atom stereocenters. The zero-order valence-electron chi connectivity index (χ0n) is 16.0. The standard InChI is InChI=1S/C23H18FN5O/c24-17-10-7-15(8-11-17)9-12-18-21(16-4-3-13-25-14-16)28-29(22(18)30)23-26-19-5-1-2-6-20(19)27-23/h1-8,10-11,13-14,30H,9,12H2,(H,26,27). The van der Waals surface area contributed by atoms with Crippen molar-refractivity contribution in [3.8, 4) is 23.1 Å². The Hall–Kier alpha value is -4.00. The van der Waals surface area contributed by atoms with Crippen molar-refractivity contribution in [2.75, 3.05) is 0 Å². The summed E-state index contributed by atoms with van der Waals surface area (Å²) in [5.41, 5.74) is 4.76. The maximum absolute atomic E-state index is 13.2. The van der Waals surface area contributed by atoms with Crippen LogP contribution in [0.25, 0.3) is 28.2 Å². The highest BCUT2D eigenvalue weighted by molar-refractivity contribution is 5.76. The number of para-hydroxylation sites is 2. The van der Waals surface area contributed by atoms with E-state index in [0.29, 0.717) is 30.0 Å². The largest absolute Gasteiger partial charge is 0.493 e. The third kappa shape index (κ3) is 3.30. The summed E-state index contributed by atoms with van der Waals surface area (Å²) in [6.07, 6.45) is 4.57. The molecule has 3 heterocycles. The third-order valence-electron chi connectivity index (χ3n) is 5.05. The van der Waals surface area contributed by atoms with Gasteiger partial charge in [0.05, 0.1) is 11.0 Å². The third-order valence-corrected chi connectivity index (χ3v) is 5.05. The number of hydrogen-bond acceptors (Lipinski definition) is 4. The lowest BCUT2D eigenvalue weighted by atomic mass is 10.0. The number of hydrogen-bond donors (Lipinski definition) is 2. The highest BCUT2D eigenvalue weighted by atomic mass is 19.1. The molecule has 30 heavy (non-hydrogen) atoms. The average molecular weight is 399 g/mol. The van der Waals surface area contributed by atoms with Gasteiger partial charge in [-0.3, -0.25) is 4.98 Å². The first-order valence-electron chi connectivity index (χ1n) is 9.60. The minimum atomic E-state index is -0.268. The number of nitrogens with one attached hydrogen (secondary N) is 1. The number of nitrogens with zero attached hydrogens (tertiary/aromatic N) is 4. The molecule has 0 saturated carbocycles. The molecule has 3 aromatic heterocycles. The molecule has 0 bridgehead atoms. The summed E-state index contributed by atoms with van der Waals surface area (Å²) in [5.74, 6) is 0.192. The molecular weight excluding hydrogens is 381 g/mol. The quantitative estimate of drug-likeness (QED) is 0.458. The molecule has 7 heteroatoms. The predicted octanol–water partition coefficient (Wildman–Crippen LogP) is 4.44. The van der Waals surface area contributed by atoms with Crippen LogP contribution in [0.3, 0.4) is 0 Å². The van der Waals surface area contributed by atoms with Crippen LogP contribution in [-0.2, 0) is 12.8 Å². The summed E-state index contributed by atoms with van der Waals surface area (Å²) < 4.78 is 14.6. The Morgan fingerprint density at radius 2 is 1.80 bits per heavy atom. The molecule has 0 radical (unpaired) electrons. The van der Waals surface area contributed by atoms with Crippen LogP contribution in [-0.4, -0.2) is 29.8 Å². The molecule has 0 aliphatic carbocycles. The number of aromatic amines is 1. The number of aryl methyl sites for hydroxylation is 1. The van der Waals surface area contributed by atoms with Crippen molar-refractivity contribution in [3.63, 3.8) is 0 Å². The SMILES string of the molecule is Oc1c(CCc2ccc(F)cc2)c(-c2cccnc2)nn1-c1nc2ccccc2[nH]1. The molecule has 0 atom stereocenters. The van der Waals surface area contributed by atoms with Crippen molar-refractivity contribution in [1.82, 2.24) is 24.7 Å². The molecule has 2 N–H and O–H groups in total. The molecule has 0 aliphatic heterocycles. The molecule has 6 nitrogen and oxygen atoms in total. The van der Waals surface area contributed by atoms with Crippen LogP contribution in [0, 0.1) is 5.82 Å². The summed E-state index contributed by atoms with van der Waals surface area (Å²) in [4.78, 5) is 11.9. The second-order valence-electron chi connectivity index (χ2n) is 7.01. The van der Waals surface area contributed by atoms with Crippen molar-refractivity contribution >= 4 is 11.0 Å². The number of H-pyrrole nitrogens is 1. The Bertz CT molecular complexity index is 1280. The van der Waals surface area contributed by atoms with E-state index in [0.717, 1.165) is 22.2 Å². The molecule has 0 saturated heterocycles. The minimum Gasteiger partial charge on any atom is -0.493 e. The fourth-order valence-corrected chi connectivity index (χ4v) is 3.51. The van der Waals surface area contributed by atoms with E-state index in [-0.39, 0.29) is 11.7 Å². The van der Waals surface area contributed by atoms with E-state index in [1.165, 1.54) is 16.8 Å². The van der Waals surface area contributed by atoms with E-state index in [2.05, 4.69) is 20.1 Å². The molecule has 0 aliphatic rings. The second kappa shape index (κ2) is 7.44. The zero-order chi connectivity index (χ0) is 20.5. The summed E-state index contributed by atoms with van der Waals surface area (Å²) >= 11 is 0. The van der Waals surface area contributed by atoms with Crippen molar-refractivity contribution in [1.29, 1.82) is 0 Å². The highest BCUT2D eigenvalue weighted by Crippen LogP contribution is 2.32. The highest BCUT2D eigenvalue weighted by Gasteiger charge is 2.21. The normalized spacial score (nSPS) is 11.2. The smallest absolute Gasteiger partial charge is 0.232 e. The van der Waals surface area contributed by atoms with Gasteiger partial charge in [0.15, 0.2) is 0 Å². The lowest BCUT2D eigenvalue weighted by molar-refractivity contribution is 0.425. The monoisotopic (exact) mass is 399 g/mol. The summed E-state index contributed by atoms with van der Waals surface area (Å²) in [7, 11) is 0. The van der Waals surface area contributed by atoms with Crippen molar-refractivity contribution in [2.45, 2.75) is 12.8 Å². The summed E-state index contributed by atoms with van der Waals surface area (Å²) in [6, 6.07) is 17.8. The number of aromatic nitrogens is 5. The number of aromatic hydroxyl groups is 1. The Labute approximate surface area is 171 Å². The van der Waals surface area contributed by atoms with E-state index in [4.69, 9.17) is 0 Å². The van der Waals surface area contributed by atoms with Gasteiger partial charge in [0, 0.05) is 23.5 Å². The van der Waals surface area contributed by atoms with Gasteiger partial charge in [-0.15, -0.1) is 0 Å². The van der Waals surface area contributed by atoms with E-state index in [1.54, 1.807) is 24.5 Å². The molecule has 0 spiro atoms. The Morgan fingerprint density at radius 3 is 2.57 bits per heavy atom. The topological polar surface area (TPSA) is 79.6 Å². The molecule has 148 valence electrons. The van der Waals surface area contributed by atoms with Crippen LogP contribution in [0.15, 0.2) is 73.1 Å². The average Bonchev–Trinajstić information content (AvgIpc) is 3.35. The number of benzene rings is 2. The summed E-state index contributed by atoms with van der Waals surface area (Å²) in [5, 5.41) is 15.7. The number of fused-ring (bicyclic) bond motifs is 1. The second-order valence-corrected chi connectivity index (χ2v) is 7.01. The van der Waals surface area contributed by atoms with Gasteiger partial charge in [-0.25, -0.2) is 9.37 Å². The molecule has 0 amide bonds. The van der Waals surface area contributed by atoms with Gasteiger partial charge in [-0.05, 0) is 54.8 Å². The van der Waals surface area contributed by atoms with Crippen molar-refractivity contribution in [2.24, 2.45) is 0 Å². The first-order valence-corrected chi connectivity index (χ1v) is 9.60. The van der Waals surface area contributed by atoms with Crippen molar-refractivity contribution < 1.29 is 9.50 Å². The maximum atomic E-state index is 13.2. The van der Waals surface area contributed by atoms with Crippen LogP contribution >= 0.6 is 0 Å². The van der Waals surface area contributed by atoms with Crippen LogP contribution < -0.4 is 0 Å². The minimum absolute atomic E-state index is 0.0232. The number of rotatable bonds is 5. The van der Waals surface area contributed by atoms with Gasteiger partial charge in [0.25, 0.3) is 0 Å². The van der Waals surface area contributed by atoms with Crippen LogP contribution in [0.1, 0.15) is 11.1 Å². The zero-order valence-corrected chi connectivity index (χ0v) is 16.0. The van der Waals surface area contributed by atoms with Gasteiger partial charge in [0.1, 0.15) is 11.5 Å². The van der Waals surface area contributed by atoms with Gasteiger partial charge in [-0.1, -0.05) is 24.3 Å². The lowest BCUT2D eigenvalue weighted by Gasteiger charge is -2.04. The van der Waals surface area contributed by atoms with Crippen molar-refractivity contribution in [3.05, 3.63) is 90.0 Å². The lowest BCUT2D eigenvalue weighted by Crippen LogP contribution is -1.98. The van der Waals surface area contributed by atoms with E-state index < -0.39 is 0 Å². The fourth-order valence-electron chi connectivity index (χ4n) is 3.51. The van der Waals surface area contributed by atoms with E-state index in [9.17, 15) is 9.50 Å². The summed E-state index contributed by atoms with van der Waals surface area (Å²) in [6.45, 7) is 0. The van der Waals surface area contributed by atoms with E-state index >= 15 is 0 Å². The molecule has 5 rings (SSSR count). The Balaban J connectivity index is 1.57. The van der Waals surface area contributed by atoms with Gasteiger partial charge in [-0.2, -0.15) is 9.78 Å². The Kier molecular flexibility index (Phi) is 4.48. The first-order chi connectivity index (χ1) is 14.7. The van der Waals surface area contributed by atoms with Gasteiger partial charge >= 0.3 is 0 Å². The van der Waals surface area contributed by atoms with Crippen LogP contribution in [0.4, 0.5) is 4.39 Å². The predicted molar refractivity (Wildman–Crippen MR) is 112 cm³/mol. The maximum Gasteiger partial charge on any atom is 0.232 e. The first kappa shape index (κ1) is 18.1. The Morgan fingerprint density at radius 1 is 0.967 bits per heavy atom. The molecule has 5 aromatic rings. The molecule has 2 aromatic carbocycles. The number of pyridine rings is 1. The number of imidazole rings is 1. The van der Waals surface area contributed by atoms with Crippen LogP contribution in [0.5, 0.6) is 5.88 Å². The number of halogens is 1. The van der Waals surface area contributed by atoms with Gasteiger partial charge in [0.2, 0.25) is 11.8 Å². The molecular formula is C23H18FN5O. The molecule has 0 fully saturated rings. The van der Waals surface area contributed by atoms with E-state index in [1.807, 2.05) is 36.4 Å². The van der Waals surface area contributed by atoms with Gasteiger partial charge < -0.3 is 10.1 Å². The van der Waals surface area contributed by atoms with Crippen LogP contribution in [0.2, 0.25) is 0 Å². The fraction of sp³-hybridized carbons (Fsp3) is 0.0870.